The lowest BCUT2D eigenvalue weighted by atomic mass is 10.1. The van der Waals surface area contributed by atoms with Crippen LogP contribution in [0.4, 0.5) is 0 Å². The fourth-order valence-electron chi connectivity index (χ4n) is 2.03. The van der Waals surface area contributed by atoms with Crippen molar-refractivity contribution in [2.24, 2.45) is 7.05 Å². The molecular formula is C15H15N2O+. The quantitative estimate of drug-likeness (QED) is 0.644. The molecule has 0 aliphatic carbocycles. The molecule has 2 aromatic heterocycles. The van der Waals surface area contributed by atoms with Gasteiger partial charge in [-0.05, 0) is 30.2 Å². The second-order valence-electron chi connectivity index (χ2n) is 4.43. The van der Waals surface area contributed by atoms with E-state index in [0.29, 0.717) is 5.89 Å². The maximum atomic E-state index is 5.78. The summed E-state index contributed by atoms with van der Waals surface area (Å²) in [5.41, 5.74) is 4.04. The zero-order valence-electron chi connectivity index (χ0n) is 10.6. The van der Waals surface area contributed by atoms with Crippen LogP contribution in [0, 0.1) is 0 Å². The first-order valence-corrected chi connectivity index (χ1v) is 6.11. The molecule has 0 N–H and O–H groups in total. The third kappa shape index (κ3) is 1.88. The molecule has 1 aromatic carbocycles. The number of benzene rings is 1. The maximum absolute atomic E-state index is 5.78. The van der Waals surface area contributed by atoms with E-state index < -0.39 is 0 Å². The van der Waals surface area contributed by atoms with Crippen LogP contribution in [0.3, 0.4) is 0 Å². The molecule has 0 aliphatic rings. The lowest BCUT2D eigenvalue weighted by Gasteiger charge is -1.92. The molecule has 3 aromatic rings. The lowest BCUT2D eigenvalue weighted by molar-refractivity contribution is -0.671. The Bertz CT molecular complexity index is 701. The highest BCUT2D eigenvalue weighted by atomic mass is 16.3. The number of hydrogen-bond donors (Lipinski definition) is 0. The molecule has 0 unspecified atom stereocenters. The van der Waals surface area contributed by atoms with Crippen molar-refractivity contribution in [3.63, 3.8) is 0 Å². The van der Waals surface area contributed by atoms with Crippen LogP contribution >= 0.6 is 0 Å². The molecule has 0 bridgehead atoms. The van der Waals surface area contributed by atoms with Crippen LogP contribution in [0.25, 0.3) is 22.6 Å². The van der Waals surface area contributed by atoms with Gasteiger partial charge in [-0.15, -0.1) is 0 Å². The Morgan fingerprint density at radius 3 is 2.94 bits per heavy atom. The van der Waals surface area contributed by atoms with Gasteiger partial charge in [-0.3, -0.25) is 0 Å². The van der Waals surface area contributed by atoms with E-state index in [1.165, 1.54) is 5.56 Å². The Labute approximate surface area is 106 Å². The van der Waals surface area contributed by atoms with Crippen LogP contribution in [0.1, 0.15) is 12.5 Å². The van der Waals surface area contributed by atoms with E-state index in [2.05, 4.69) is 24.0 Å². The highest BCUT2D eigenvalue weighted by Gasteiger charge is 2.10. The molecule has 3 rings (SSSR count). The van der Waals surface area contributed by atoms with Crippen molar-refractivity contribution in [1.82, 2.24) is 4.98 Å². The molecule has 0 radical (unpaired) electrons. The molecule has 0 amide bonds. The first-order valence-electron chi connectivity index (χ1n) is 6.11. The maximum Gasteiger partial charge on any atom is 0.233 e. The number of oxazole rings is 1. The van der Waals surface area contributed by atoms with E-state index in [-0.39, 0.29) is 0 Å². The molecule has 0 saturated heterocycles. The topological polar surface area (TPSA) is 29.9 Å². The minimum absolute atomic E-state index is 0.675. The van der Waals surface area contributed by atoms with Crippen molar-refractivity contribution >= 4 is 11.1 Å². The van der Waals surface area contributed by atoms with E-state index in [1.54, 1.807) is 0 Å². The van der Waals surface area contributed by atoms with Crippen LogP contribution in [0.15, 0.2) is 47.1 Å². The molecule has 0 fully saturated rings. The number of fused-ring (bicyclic) bond motifs is 1. The van der Waals surface area contributed by atoms with E-state index >= 15 is 0 Å². The van der Waals surface area contributed by atoms with Crippen molar-refractivity contribution in [2.75, 3.05) is 0 Å². The smallest absolute Gasteiger partial charge is 0.233 e. The fraction of sp³-hybridized carbons (Fsp3) is 0.200. The van der Waals surface area contributed by atoms with E-state index in [9.17, 15) is 0 Å². The first kappa shape index (κ1) is 11.0. The first-order chi connectivity index (χ1) is 8.76. The predicted molar refractivity (Wildman–Crippen MR) is 70.0 cm³/mol. The molecule has 0 atom stereocenters. The Hall–Kier alpha value is -2.16. The fourth-order valence-corrected chi connectivity index (χ4v) is 2.03. The minimum Gasteiger partial charge on any atom is -0.436 e. The number of aromatic nitrogens is 2. The van der Waals surface area contributed by atoms with Crippen LogP contribution < -0.4 is 4.57 Å². The van der Waals surface area contributed by atoms with E-state index in [1.807, 2.05) is 42.2 Å². The molecule has 3 nitrogen and oxygen atoms in total. The summed E-state index contributed by atoms with van der Waals surface area (Å²) >= 11 is 0. The van der Waals surface area contributed by atoms with Crippen LogP contribution in [-0.2, 0) is 13.5 Å². The Morgan fingerprint density at radius 2 is 2.17 bits per heavy atom. The van der Waals surface area contributed by atoms with E-state index in [0.717, 1.165) is 23.1 Å². The monoisotopic (exact) mass is 239 g/mol. The normalized spacial score (nSPS) is 11.0. The summed E-state index contributed by atoms with van der Waals surface area (Å²) in [6, 6.07) is 10.2. The summed E-state index contributed by atoms with van der Waals surface area (Å²) in [7, 11) is 1.99. The molecule has 3 heteroatoms. The summed E-state index contributed by atoms with van der Waals surface area (Å²) in [6.45, 7) is 2.14. The zero-order valence-corrected chi connectivity index (χ0v) is 10.6. The molecule has 2 heterocycles. The van der Waals surface area contributed by atoms with Gasteiger partial charge in [0.2, 0.25) is 5.89 Å². The number of rotatable bonds is 2. The largest absolute Gasteiger partial charge is 0.436 e. The van der Waals surface area contributed by atoms with Gasteiger partial charge in [0.1, 0.15) is 18.1 Å². The van der Waals surface area contributed by atoms with Gasteiger partial charge in [-0.2, -0.15) is 0 Å². The predicted octanol–water partition coefficient (Wildman–Crippen LogP) is 2.88. The molecule has 0 aliphatic heterocycles. The van der Waals surface area contributed by atoms with Crippen LogP contribution in [0.5, 0.6) is 0 Å². The van der Waals surface area contributed by atoms with Crippen LogP contribution in [-0.4, -0.2) is 4.98 Å². The Morgan fingerprint density at radius 1 is 1.28 bits per heavy atom. The summed E-state index contributed by atoms with van der Waals surface area (Å²) in [5, 5.41) is 0. The van der Waals surface area contributed by atoms with Crippen molar-refractivity contribution in [3.8, 4) is 11.5 Å². The average Bonchev–Trinajstić information content (AvgIpc) is 2.81. The Balaban J connectivity index is 2.13. The third-order valence-electron chi connectivity index (χ3n) is 3.05. The summed E-state index contributed by atoms with van der Waals surface area (Å²) in [5.74, 6) is 0.675. The van der Waals surface area contributed by atoms with Gasteiger partial charge in [0.05, 0.1) is 0 Å². The van der Waals surface area contributed by atoms with Crippen molar-refractivity contribution in [2.45, 2.75) is 13.3 Å². The molecular weight excluding hydrogens is 224 g/mol. The van der Waals surface area contributed by atoms with Gasteiger partial charge in [0.15, 0.2) is 18.0 Å². The Kier molecular flexibility index (Phi) is 2.59. The molecule has 18 heavy (non-hydrogen) atoms. The zero-order chi connectivity index (χ0) is 12.5. The molecule has 0 spiro atoms. The summed E-state index contributed by atoms with van der Waals surface area (Å²) < 4.78 is 7.77. The second-order valence-corrected chi connectivity index (χ2v) is 4.43. The van der Waals surface area contributed by atoms with Crippen molar-refractivity contribution < 1.29 is 8.98 Å². The number of pyridine rings is 1. The highest BCUT2D eigenvalue weighted by Crippen LogP contribution is 2.24. The van der Waals surface area contributed by atoms with E-state index in [4.69, 9.17) is 4.42 Å². The van der Waals surface area contributed by atoms with Crippen LogP contribution in [0.2, 0.25) is 0 Å². The number of nitrogens with zero attached hydrogens (tertiary/aromatic N) is 2. The SMILES string of the molecule is CCc1ccc2oc(-c3ccc[n+](C)c3)nc2c1. The summed E-state index contributed by atoms with van der Waals surface area (Å²) in [6.07, 6.45) is 5.01. The lowest BCUT2D eigenvalue weighted by Crippen LogP contribution is -2.26. The van der Waals surface area contributed by atoms with Gasteiger partial charge < -0.3 is 4.42 Å². The summed E-state index contributed by atoms with van der Waals surface area (Å²) in [4.78, 5) is 4.55. The van der Waals surface area contributed by atoms with Gasteiger partial charge in [0, 0.05) is 6.07 Å². The van der Waals surface area contributed by atoms with Gasteiger partial charge in [0.25, 0.3) is 0 Å². The van der Waals surface area contributed by atoms with Crippen molar-refractivity contribution in [1.29, 1.82) is 0 Å². The third-order valence-corrected chi connectivity index (χ3v) is 3.05. The molecule has 90 valence electrons. The second kappa shape index (κ2) is 4.26. The number of hydrogen-bond acceptors (Lipinski definition) is 2. The highest BCUT2D eigenvalue weighted by molar-refractivity contribution is 5.76. The standard InChI is InChI=1S/C15H15N2O/c1-3-11-6-7-14-13(9-11)16-15(18-14)12-5-4-8-17(2)10-12/h4-10H,3H2,1-2H3/q+1. The van der Waals surface area contributed by atoms with Crippen molar-refractivity contribution in [3.05, 3.63) is 48.3 Å². The minimum atomic E-state index is 0.675. The van der Waals surface area contributed by atoms with Gasteiger partial charge in [-0.1, -0.05) is 13.0 Å². The molecule has 0 saturated carbocycles. The van der Waals surface area contributed by atoms with Gasteiger partial charge >= 0.3 is 0 Å². The average molecular weight is 239 g/mol. The van der Waals surface area contributed by atoms with Gasteiger partial charge in [-0.25, -0.2) is 9.55 Å². The number of aryl methyl sites for hydroxylation is 2.